The molecule has 4 heteroatoms. The van der Waals surface area contributed by atoms with Crippen molar-refractivity contribution in [2.24, 2.45) is 0 Å². The van der Waals surface area contributed by atoms with Gasteiger partial charge in [-0.25, -0.2) is 4.39 Å². The predicted molar refractivity (Wildman–Crippen MR) is 71.0 cm³/mol. The summed E-state index contributed by atoms with van der Waals surface area (Å²) in [4.78, 5) is 3.97. The Labute approximate surface area is 110 Å². The van der Waals surface area contributed by atoms with E-state index in [0.717, 1.165) is 11.3 Å². The molecule has 0 fully saturated rings. The molecule has 19 heavy (non-hydrogen) atoms. The highest BCUT2D eigenvalue weighted by Crippen LogP contribution is 2.16. The summed E-state index contributed by atoms with van der Waals surface area (Å²) in [6.07, 6.45) is 5.30. The van der Waals surface area contributed by atoms with Crippen LogP contribution in [0, 0.1) is 5.82 Å². The monoisotopic (exact) mass is 253 g/mol. The van der Waals surface area contributed by atoms with E-state index in [1.54, 1.807) is 29.2 Å². The fraction of sp³-hybridized carbons (Fsp3) is 0.0667. The van der Waals surface area contributed by atoms with Gasteiger partial charge in [-0.15, -0.1) is 0 Å². The van der Waals surface area contributed by atoms with Gasteiger partial charge in [0.2, 0.25) is 0 Å². The van der Waals surface area contributed by atoms with Crippen LogP contribution in [-0.4, -0.2) is 14.8 Å². The average Bonchev–Trinajstić information content (AvgIpc) is 2.91. The molecule has 0 N–H and O–H groups in total. The maximum absolute atomic E-state index is 13.6. The molecule has 3 rings (SSSR count). The summed E-state index contributed by atoms with van der Waals surface area (Å²) >= 11 is 0. The van der Waals surface area contributed by atoms with Gasteiger partial charge in [-0.05, 0) is 24.3 Å². The van der Waals surface area contributed by atoms with E-state index in [9.17, 15) is 4.39 Å². The number of hydrogen-bond donors (Lipinski definition) is 0. The van der Waals surface area contributed by atoms with E-state index < -0.39 is 0 Å². The SMILES string of the molecule is Fc1ccccc1Cn1ccc(-c2ccncc2)n1. The molecule has 0 aliphatic carbocycles. The molecule has 94 valence electrons. The molecule has 3 nitrogen and oxygen atoms in total. The Balaban J connectivity index is 1.85. The lowest BCUT2D eigenvalue weighted by Crippen LogP contribution is -2.02. The first-order valence-corrected chi connectivity index (χ1v) is 6.00. The number of aromatic nitrogens is 3. The summed E-state index contributed by atoms with van der Waals surface area (Å²) in [6.45, 7) is 0.428. The van der Waals surface area contributed by atoms with Crippen LogP contribution in [0.3, 0.4) is 0 Å². The van der Waals surface area contributed by atoms with Crippen LogP contribution in [0.15, 0.2) is 61.1 Å². The molecule has 0 saturated heterocycles. The zero-order valence-corrected chi connectivity index (χ0v) is 10.2. The summed E-state index contributed by atoms with van der Waals surface area (Å²) in [5.41, 5.74) is 2.49. The fourth-order valence-electron chi connectivity index (χ4n) is 1.93. The second kappa shape index (κ2) is 5.02. The van der Waals surface area contributed by atoms with Crippen LogP contribution >= 0.6 is 0 Å². The molecule has 3 aromatic rings. The molecule has 0 radical (unpaired) electrons. The lowest BCUT2D eigenvalue weighted by molar-refractivity contribution is 0.585. The highest BCUT2D eigenvalue weighted by atomic mass is 19.1. The number of rotatable bonds is 3. The largest absolute Gasteiger partial charge is 0.268 e. The number of hydrogen-bond acceptors (Lipinski definition) is 2. The van der Waals surface area contributed by atoms with Crippen molar-refractivity contribution >= 4 is 0 Å². The van der Waals surface area contributed by atoms with E-state index in [2.05, 4.69) is 10.1 Å². The van der Waals surface area contributed by atoms with Crippen LogP contribution in [-0.2, 0) is 6.54 Å². The second-order valence-corrected chi connectivity index (χ2v) is 4.23. The lowest BCUT2D eigenvalue weighted by atomic mass is 10.2. The van der Waals surface area contributed by atoms with Crippen LogP contribution < -0.4 is 0 Å². The Hall–Kier alpha value is -2.49. The van der Waals surface area contributed by atoms with Gasteiger partial charge >= 0.3 is 0 Å². The normalized spacial score (nSPS) is 10.6. The predicted octanol–water partition coefficient (Wildman–Crippen LogP) is 3.13. The van der Waals surface area contributed by atoms with Gasteiger partial charge in [0.25, 0.3) is 0 Å². The summed E-state index contributed by atoms with van der Waals surface area (Å²) in [5.74, 6) is -0.205. The van der Waals surface area contributed by atoms with E-state index in [1.165, 1.54) is 6.07 Å². The molecule has 0 amide bonds. The van der Waals surface area contributed by atoms with Gasteiger partial charge in [0.15, 0.2) is 0 Å². The van der Waals surface area contributed by atoms with Crippen LogP contribution in [0.5, 0.6) is 0 Å². The van der Waals surface area contributed by atoms with Crippen molar-refractivity contribution in [3.8, 4) is 11.3 Å². The van der Waals surface area contributed by atoms with Gasteiger partial charge in [-0.2, -0.15) is 5.10 Å². The van der Waals surface area contributed by atoms with Crippen molar-refractivity contribution in [1.29, 1.82) is 0 Å². The van der Waals surface area contributed by atoms with Gasteiger partial charge in [0, 0.05) is 29.7 Å². The smallest absolute Gasteiger partial charge is 0.128 e. The van der Waals surface area contributed by atoms with Crippen molar-refractivity contribution in [2.75, 3.05) is 0 Å². The highest BCUT2D eigenvalue weighted by molar-refractivity contribution is 5.57. The third-order valence-corrected chi connectivity index (χ3v) is 2.91. The van der Waals surface area contributed by atoms with Crippen molar-refractivity contribution in [3.63, 3.8) is 0 Å². The Morgan fingerprint density at radius 1 is 1.00 bits per heavy atom. The van der Waals surface area contributed by atoms with Gasteiger partial charge in [0.1, 0.15) is 5.82 Å². The minimum Gasteiger partial charge on any atom is -0.268 e. The quantitative estimate of drug-likeness (QED) is 0.718. The zero-order valence-electron chi connectivity index (χ0n) is 10.2. The molecular formula is C15H12FN3. The van der Waals surface area contributed by atoms with Crippen molar-refractivity contribution in [3.05, 3.63) is 72.4 Å². The molecule has 0 aliphatic rings. The Morgan fingerprint density at radius 3 is 2.58 bits per heavy atom. The fourth-order valence-corrected chi connectivity index (χ4v) is 1.93. The number of nitrogens with zero attached hydrogens (tertiary/aromatic N) is 3. The average molecular weight is 253 g/mol. The van der Waals surface area contributed by atoms with Crippen LogP contribution in [0.2, 0.25) is 0 Å². The van der Waals surface area contributed by atoms with Crippen LogP contribution in [0.25, 0.3) is 11.3 Å². The molecule has 1 aromatic carbocycles. The van der Waals surface area contributed by atoms with E-state index >= 15 is 0 Å². The first kappa shape index (κ1) is 11.6. The van der Waals surface area contributed by atoms with Crippen LogP contribution in [0.4, 0.5) is 4.39 Å². The Kier molecular flexibility index (Phi) is 3.06. The molecule has 0 bridgehead atoms. The number of halogens is 1. The van der Waals surface area contributed by atoms with Crippen molar-refractivity contribution in [1.82, 2.24) is 14.8 Å². The molecular weight excluding hydrogens is 241 g/mol. The summed E-state index contributed by atoms with van der Waals surface area (Å²) in [6, 6.07) is 12.4. The molecule has 0 saturated carbocycles. The molecule has 0 unspecified atom stereocenters. The van der Waals surface area contributed by atoms with Gasteiger partial charge in [-0.3, -0.25) is 9.67 Å². The molecule has 2 aromatic heterocycles. The highest BCUT2D eigenvalue weighted by Gasteiger charge is 2.05. The van der Waals surface area contributed by atoms with E-state index in [1.807, 2.05) is 30.5 Å². The standard InChI is InChI=1S/C15H12FN3/c16-14-4-2-1-3-13(14)11-19-10-7-15(18-19)12-5-8-17-9-6-12/h1-10H,11H2. The topological polar surface area (TPSA) is 30.7 Å². The van der Waals surface area contributed by atoms with E-state index in [-0.39, 0.29) is 5.82 Å². The third-order valence-electron chi connectivity index (χ3n) is 2.91. The van der Waals surface area contributed by atoms with Gasteiger partial charge in [-0.1, -0.05) is 18.2 Å². The maximum atomic E-state index is 13.6. The maximum Gasteiger partial charge on any atom is 0.128 e. The lowest BCUT2D eigenvalue weighted by Gasteiger charge is -2.03. The summed E-state index contributed by atoms with van der Waals surface area (Å²) in [7, 11) is 0. The van der Waals surface area contributed by atoms with E-state index in [0.29, 0.717) is 12.1 Å². The zero-order chi connectivity index (χ0) is 13.1. The molecule has 2 heterocycles. The molecule has 0 aliphatic heterocycles. The number of pyridine rings is 1. The van der Waals surface area contributed by atoms with E-state index in [4.69, 9.17) is 0 Å². The minimum atomic E-state index is -0.205. The second-order valence-electron chi connectivity index (χ2n) is 4.23. The Morgan fingerprint density at radius 2 is 1.79 bits per heavy atom. The Bertz CT molecular complexity index is 677. The van der Waals surface area contributed by atoms with Crippen molar-refractivity contribution in [2.45, 2.75) is 6.54 Å². The van der Waals surface area contributed by atoms with Crippen LogP contribution in [0.1, 0.15) is 5.56 Å². The van der Waals surface area contributed by atoms with Gasteiger partial charge < -0.3 is 0 Å². The summed E-state index contributed by atoms with van der Waals surface area (Å²) in [5, 5.41) is 4.44. The number of benzene rings is 1. The molecule has 0 spiro atoms. The van der Waals surface area contributed by atoms with Crippen molar-refractivity contribution < 1.29 is 4.39 Å². The third kappa shape index (κ3) is 2.52. The van der Waals surface area contributed by atoms with Gasteiger partial charge in [0.05, 0.1) is 12.2 Å². The molecule has 0 atom stereocenters. The first-order valence-electron chi connectivity index (χ1n) is 6.00. The minimum absolute atomic E-state index is 0.205. The summed E-state index contributed by atoms with van der Waals surface area (Å²) < 4.78 is 15.3. The first-order chi connectivity index (χ1) is 9.33.